The summed E-state index contributed by atoms with van der Waals surface area (Å²) in [5, 5.41) is 19.9. The molecule has 0 radical (unpaired) electrons. The lowest BCUT2D eigenvalue weighted by Gasteiger charge is -2.23. The van der Waals surface area contributed by atoms with E-state index in [1.54, 1.807) is 4.90 Å². The molecule has 0 aliphatic carbocycles. The predicted molar refractivity (Wildman–Crippen MR) is 72.8 cm³/mol. The summed E-state index contributed by atoms with van der Waals surface area (Å²) in [7, 11) is 0. The molecule has 110 valence electrons. The summed E-state index contributed by atoms with van der Waals surface area (Å²) in [6.45, 7) is 4.82. The van der Waals surface area contributed by atoms with Gasteiger partial charge in [-0.2, -0.15) is 0 Å². The number of benzene rings is 1. The lowest BCUT2D eigenvalue weighted by Crippen LogP contribution is -2.25. The second kappa shape index (κ2) is 6.83. The third-order valence-corrected chi connectivity index (χ3v) is 3.00. The second-order valence-corrected chi connectivity index (χ2v) is 4.32. The van der Waals surface area contributed by atoms with Crippen molar-refractivity contribution in [2.24, 2.45) is 0 Å². The Morgan fingerprint density at radius 2 is 2.10 bits per heavy atom. The molecule has 0 saturated carbocycles. The van der Waals surface area contributed by atoms with Crippen LogP contribution in [0.25, 0.3) is 0 Å². The topological polar surface area (TPSA) is 83.7 Å². The maximum atomic E-state index is 13.6. The smallest absolute Gasteiger partial charge is 0.338 e. The van der Waals surface area contributed by atoms with Crippen molar-refractivity contribution in [1.29, 1.82) is 0 Å². The molecule has 7 heteroatoms. The molecule has 1 rings (SSSR count). The number of rotatable bonds is 7. The van der Waals surface area contributed by atoms with E-state index in [-0.39, 0.29) is 5.69 Å². The van der Waals surface area contributed by atoms with E-state index < -0.39 is 28.0 Å². The molecular weight excluding hydrogens is 267 g/mol. The molecule has 0 fully saturated rings. The molecule has 1 aromatic rings. The van der Waals surface area contributed by atoms with E-state index in [9.17, 15) is 19.3 Å². The zero-order valence-corrected chi connectivity index (χ0v) is 11.4. The number of nitro benzene ring substituents is 1. The Morgan fingerprint density at radius 1 is 1.45 bits per heavy atom. The number of anilines is 1. The van der Waals surface area contributed by atoms with Crippen LogP contribution in [0.1, 0.15) is 37.0 Å². The monoisotopic (exact) mass is 284 g/mol. The summed E-state index contributed by atoms with van der Waals surface area (Å²) >= 11 is 0. The molecule has 0 atom stereocenters. The molecule has 0 aromatic heterocycles. The standard InChI is InChI=1S/C13H17FN2O4/c1-3-5-6-15(4-2)11-7-9(13(17)18)10(14)8-12(11)16(19)20/h7-8H,3-6H2,1-2H3,(H,17,18). The van der Waals surface area contributed by atoms with Crippen LogP contribution in [0, 0.1) is 15.9 Å². The molecule has 0 saturated heterocycles. The minimum absolute atomic E-state index is 0.143. The molecule has 0 heterocycles. The molecule has 1 aromatic carbocycles. The molecule has 1 N–H and O–H groups in total. The van der Waals surface area contributed by atoms with Gasteiger partial charge in [-0.25, -0.2) is 9.18 Å². The van der Waals surface area contributed by atoms with Crippen LogP contribution in [0.15, 0.2) is 12.1 Å². The minimum atomic E-state index is -1.44. The molecule has 0 bridgehead atoms. The molecule has 0 amide bonds. The number of aromatic carboxylic acids is 1. The van der Waals surface area contributed by atoms with Crippen LogP contribution >= 0.6 is 0 Å². The van der Waals surface area contributed by atoms with E-state index in [0.29, 0.717) is 19.2 Å². The third-order valence-electron chi connectivity index (χ3n) is 3.00. The van der Waals surface area contributed by atoms with Gasteiger partial charge >= 0.3 is 5.97 Å². The van der Waals surface area contributed by atoms with Crippen LogP contribution in [0.2, 0.25) is 0 Å². The number of halogens is 1. The first-order chi connectivity index (χ1) is 9.42. The third kappa shape index (κ3) is 3.43. The molecule has 0 spiro atoms. The molecule has 0 aliphatic heterocycles. The van der Waals surface area contributed by atoms with Gasteiger partial charge in [0.05, 0.1) is 16.6 Å². The highest BCUT2D eigenvalue weighted by Gasteiger charge is 2.24. The fourth-order valence-electron chi connectivity index (χ4n) is 1.91. The average molecular weight is 284 g/mol. The van der Waals surface area contributed by atoms with Gasteiger partial charge in [-0.05, 0) is 19.4 Å². The van der Waals surface area contributed by atoms with Gasteiger partial charge in [-0.15, -0.1) is 0 Å². The SMILES string of the molecule is CCCCN(CC)c1cc(C(=O)O)c(F)cc1[N+](=O)[O-]. The Balaban J connectivity index is 3.35. The van der Waals surface area contributed by atoms with Crippen molar-refractivity contribution in [3.63, 3.8) is 0 Å². The molecular formula is C13H17FN2O4. The number of carbonyl (C=O) groups is 1. The van der Waals surface area contributed by atoms with Gasteiger partial charge in [0.25, 0.3) is 5.69 Å². The highest BCUT2D eigenvalue weighted by Crippen LogP contribution is 2.31. The van der Waals surface area contributed by atoms with Gasteiger partial charge in [0, 0.05) is 13.1 Å². The van der Waals surface area contributed by atoms with E-state index in [2.05, 4.69) is 0 Å². The van der Waals surface area contributed by atoms with Gasteiger partial charge < -0.3 is 10.0 Å². The first-order valence-corrected chi connectivity index (χ1v) is 6.38. The Hall–Kier alpha value is -2.18. The predicted octanol–water partition coefficient (Wildman–Crippen LogP) is 3.06. The summed E-state index contributed by atoms with van der Waals surface area (Å²) in [5.74, 6) is -2.54. The van der Waals surface area contributed by atoms with Crippen molar-refractivity contribution < 1.29 is 19.2 Å². The van der Waals surface area contributed by atoms with Gasteiger partial charge in [0.15, 0.2) is 0 Å². The Morgan fingerprint density at radius 3 is 2.55 bits per heavy atom. The largest absolute Gasteiger partial charge is 0.478 e. The minimum Gasteiger partial charge on any atom is -0.478 e. The van der Waals surface area contributed by atoms with Crippen LogP contribution in [0.4, 0.5) is 15.8 Å². The Labute approximate surface area is 116 Å². The Kier molecular flexibility index (Phi) is 5.42. The van der Waals surface area contributed by atoms with Crippen LogP contribution < -0.4 is 4.90 Å². The summed E-state index contributed by atoms with van der Waals surface area (Å²) in [5.41, 5.74) is -0.823. The number of unbranched alkanes of at least 4 members (excludes halogenated alkanes) is 1. The van der Waals surface area contributed by atoms with Crippen LogP contribution in [0.5, 0.6) is 0 Å². The van der Waals surface area contributed by atoms with Crippen molar-refractivity contribution in [2.75, 3.05) is 18.0 Å². The first-order valence-electron chi connectivity index (χ1n) is 6.38. The summed E-state index contributed by atoms with van der Waals surface area (Å²) in [6, 6.07) is 1.71. The normalized spacial score (nSPS) is 10.3. The van der Waals surface area contributed by atoms with Gasteiger partial charge in [-0.3, -0.25) is 10.1 Å². The van der Waals surface area contributed by atoms with Gasteiger partial charge in [0.1, 0.15) is 11.5 Å². The van der Waals surface area contributed by atoms with Crippen molar-refractivity contribution in [3.8, 4) is 0 Å². The lowest BCUT2D eigenvalue weighted by atomic mass is 10.1. The zero-order chi connectivity index (χ0) is 15.3. The fourth-order valence-corrected chi connectivity index (χ4v) is 1.91. The van der Waals surface area contributed by atoms with E-state index in [4.69, 9.17) is 5.11 Å². The van der Waals surface area contributed by atoms with E-state index in [0.717, 1.165) is 18.9 Å². The maximum Gasteiger partial charge on any atom is 0.338 e. The fraction of sp³-hybridized carbons (Fsp3) is 0.462. The highest BCUT2D eigenvalue weighted by atomic mass is 19.1. The molecule has 0 aliphatic rings. The van der Waals surface area contributed by atoms with E-state index in [1.807, 2.05) is 13.8 Å². The number of nitrogens with zero attached hydrogens (tertiary/aromatic N) is 2. The van der Waals surface area contributed by atoms with Crippen molar-refractivity contribution >= 4 is 17.3 Å². The van der Waals surface area contributed by atoms with Gasteiger partial charge in [-0.1, -0.05) is 13.3 Å². The van der Waals surface area contributed by atoms with Crippen LogP contribution in [-0.2, 0) is 0 Å². The number of hydrogen-bond acceptors (Lipinski definition) is 4. The summed E-state index contributed by atoms with van der Waals surface area (Å²) in [6.07, 6.45) is 1.71. The summed E-state index contributed by atoms with van der Waals surface area (Å²) in [4.78, 5) is 23.0. The van der Waals surface area contributed by atoms with Gasteiger partial charge in [0.2, 0.25) is 0 Å². The van der Waals surface area contributed by atoms with Crippen LogP contribution in [-0.4, -0.2) is 29.1 Å². The average Bonchev–Trinajstić information content (AvgIpc) is 2.39. The first kappa shape index (κ1) is 15.9. The van der Waals surface area contributed by atoms with E-state index in [1.165, 1.54) is 0 Å². The highest BCUT2D eigenvalue weighted by molar-refractivity contribution is 5.90. The maximum absolute atomic E-state index is 13.6. The molecule has 0 unspecified atom stereocenters. The van der Waals surface area contributed by atoms with Crippen molar-refractivity contribution in [2.45, 2.75) is 26.7 Å². The lowest BCUT2D eigenvalue weighted by molar-refractivity contribution is -0.384. The second-order valence-electron chi connectivity index (χ2n) is 4.32. The van der Waals surface area contributed by atoms with Crippen LogP contribution in [0.3, 0.4) is 0 Å². The van der Waals surface area contributed by atoms with E-state index >= 15 is 0 Å². The number of nitro groups is 1. The van der Waals surface area contributed by atoms with Crippen molar-refractivity contribution in [3.05, 3.63) is 33.6 Å². The summed E-state index contributed by atoms with van der Waals surface area (Å²) < 4.78 is 13.6. The Bertz CT molecular complexity index is 519. The number of carboxylic acids is 1. The number of carboxylic acid groups (broad SMARTS) is 1. The molecule has 20 heavy (non-hydrogen) atoms. The molecule has 6 nitrogen and oxygen atoms in total. The van der Waals surface area contributed by atoms with Crippen molar-refractivity contribution in [1.82, 2.24) is 0 Å². The number of hydrogen-bond donors (Lipinski definition) is 1. The quantitative estimate of drug-likeness (QED) is 0.614. The zero-order valence-electron chi connectivity index (χ0n) is 11.4.